The summed E-state index contributed by atoms with van der Waals surface area (Å²) in [5.74, 6) is -1.16. The fourth-order valence-corrected chi connectivity index (χ4v) is 6.56. The van der Waals surface area contributed by atoms with Crippen LogP contribution in [0.15, 0.2) is 43.0 Å². The van der Waals surface area contributed by atoms with Crippen molar-refractivity contribution in [2.75, 3.05) is 62.7 Å². The third kappa shape index (κ3) is 6.57. The van der Waals surface area contributed by atoms with Crippen molar-refractivity contribution in [3.05, 3.63) is 70.7 Å². The molecule has 2 aliphatic heterocycles. The van der Waals surface area contributed by atoms with Crippen molar-refractivity contribution in [3.8, 4) is 6.01 Å². The number of pyridine rings is 1. The van der Waals surface area contributed by atoms with E-state index < -0.39 is 23.4 Å². The second-order valence-electron chi connectivity index (χ2n) is 12.5. The average Bonchev–Trinajstić information content (AvgIpc) is 3.78. The number of halogens is 3. The molecule has 10 nitrogen and oxygen atoms in total. The highest BCUT2D eigenvalue weighted by Crippen LogP contribution is 2.40. The van der Waals surface area contributed by atoms with E-state index in [1.54, 1.807) is 6.20 Å². The first-order valence-electron chi connectivity index (χ1n) is 15.5. The number of hydrogen-bond donors (Lipinski definition) is 0. The second kappa shape index (κ2) is 13.0. The van der Waals surface area contributed by atoms with Crippen LogP contribution in [-0.2, 0) is 17.8 Å². The average molecular weight is 651 g/mol. The molecule has 13 heteroatoms. The Morgan fingerprint density at radius 3 is 2.80 bits per heavy atom. The largest absolute Gasteiger partial charge is 0.462 e. The SMILES string of the molecule is [C-]#[N+]C[C@H]1CN(c2nc(OC[C@@H](C)N(C)CC3(F)CC3)nc3c2CCN(c2cncc4cccc(Cl)c24)C3)CCN1C(=O)C(=C)F. The highest BCUT2D eigenvalue weighted by Gasteiger charge is 2.44. The molecule has 1 aromatic carbocycles. The smallest absolute Gasteiger partial charge is 0.318 e. The minimum atomic E-state index is -1.11. The highest BCUT2D eigenvalue weighted by molar-refractivity contribution is 6.36. The number of ether oxygens (including phenoxy) is 1. The van der Waals surface area contributed by atoms with Crippen LogP contribution in [0.1, 0.15) is 31.0 Å². The molecule has 2 aromatic heterocycles. The number of amides is 1. The number of carbonyl (C=O) groups is 1. The summed E-state index contributed by atoms with van der Waals surface area (Å²) in [7, 11) is 1.89. The minimum absolute atomic E-state index is 0.0225. The van der Waals surface area contributed by atoms with Crippen molar-refractivity contribution in [1.29, 1.82) is 0 Å². The van der Waals surface area contributed by atoms with Crippen molar-refractivity contribution in [2.24, 2.45) is 0 Å². The summed E-state index contributed by atoms with van der Waals surface area (Å²) in [6.07, 6.45) is 5.41. The van der Waals surface area contributed by atoms with E-state index in [2.05, 4.69) is 21.3 Å². The zero-order valence-electron chi connectivity index (χ0n) is 26.1. The van der Waals surface area contributed by atoms with Crippen molar-refractivity contribution < 1.29 is 18.3 Å². The monoisotopic (exact) mass is 650 g/mol. The lowest BCUT2D eigenvalue weighted by Crippen LogP contribution is -2.57. The van der Waals surface area contributed by atoms with Crippen LogP contribution in [0.5, 0.6) is 6.01 Å². The van der Waals surface area contributed by atoms with Crippen LogP contribution >= 0.6 is 11.6 Å². The van der Waals surface area contributed by atoms with Gasteiger partial charge in [0, 0.05) is 61.3 Å². The van der Waals surface area contributed by atoms with Crippen LogP contribution in [0.3, 0.4) is 0 Å². The predicted molar refractivity (Wildman–Crippen MR) is 174 cm³/mol. The van der Waals surface area contributed by atoms with Crippen molar-refractivity contribution >= 4 is 39.8 Å². The summed E-state index contributed by atoms with van der Waals surface area (Å²) in [4.78, 5) is 37.8. The summed E-state index contributed by atoms with van der Waals surface area (Å²) < 4.78 is 34.4. The van der Waals surface area contributed by atoms with Gasteiger partial charge in [-0.05, 0) is 39.3 Å². The number of anilines is 2. The maximum atomic E-state index is 14.4. The van der Waals surface area contributed by atoms with E-state index in [4.69, 9.17) is 32.9 Å². The van der Waals surface area contributed by atoms with Crippen molar-refractivity contribution in [3.63, 3.8) is 0 Å². The van der Waals surface area contributed by atoms with Crippen LogP contribution in [0.25, 0.3) is 15.6 Å². The van der Waals surface area contributed by atoms with E-state index in [-0.39, 0.29) is 31.7 Å². The molecular formula is C33H37ClF2N8O2. The number of likely N-dealkylation sites (N-methyl/N-ethyl adjacent to an activating group) is 1. The molecule has 0 spiro atoms. The number of hydrogen-bond acceptors (Lipinski definition) is 8. The van der Waals surface area contributed by atoms with E-state index in [9.17, 15) is 13.6 Å². The van der Waals surface area contributed by atoms with Gasteiger partial charge in [-0.25, -0.2) is 15.4 Å². The quantitative estimate of drug-likeness (QED) is 0.227. The molecule has 6 rings (SSSR count). The molecule has 0 N–H and O–H groups in total. The Hall–Kier alpha value is -4.08. The van der Waals surface area contributed by atoms with Crippen LogP contribution in [0.4, 0.5) is 20.3 Å². The fourth-order valence-electron chi connectivity index (χ4n) is 6.28. The van der Waals surface area contributed by atoms with E-state index in [0.717, 1.165) is 27.7 Å². The number of nitrogens with zero attached hydrogens (tertiary/aromatic N) is 8. The molecular weight excluding hydrogens is 614 g/mol. The van der Waals surface area contributed by atoms with Gasteiger partial charge in [0.1, 0.15) is 24.1 Å². The molecule has 242 valence electrons. The van der Waals surface area contributed by atoms with Crippen LogP contribution in [0.2, 0.25) is 5.02 Å². The van der Waals surface area contributed by atoms with Crippen molar-refractivity contribution in [2.45, 2.75) is 50.5 Å². The number of benzene rings is 1. The second-order valence-corrected chi connectivity index (χ2v) is 12.9. The molecule has 1 saturated heterocycles. The molecule has 2 fully saturated rings. The van der Waals surface area contributed by atoms with Gasteiger partial charge in [-0.3, -0.25) is 14.7 Å². The molecule has 1 aliphatic carbocycles. The number of fused-ring (bicyclic) bond motifs is 2. The molecule has 1 saturated carbocycles. The number of carbonyl (C=O) groups excluding carboxylic acids is 1. The Labute approximate surface area is 272 Å². The van der Waals surface area contributed by atoms with E-state index in [1.165, 1.54) is 4.90 Å². The van der Waals surface area contributed by atoms with Crippen LogP contribution in [0, 0.1) is 6.57 Å². The van der Waals surface area contributed by atoms with Gasteiger partial charge in [-0.15, -0.1) is 0 Å². The highest BCUT2D eigenvalue weighted by atomic mass is 35.5. The predicted octanol–water partition coefficient (Wildman–Crippen LogP) is 4.86. The molecule has 3 aliphatic rings. The molecule has 2 atom stereocenters. The summed E-state index contributed by atoms with van der Waals surface area (Å²) >= 11 is 6.65. The molecule has 0 bridgehead atoms. The Balaban J connectivity index is 1.31. The normalized spacial score (nSPS) is 19.5. The number of piperazine rings is 1. The van der Waals surface area contributed by atoms with E-state index in [0.29, 0.717) is 62.8 Å². The van der Waals surface area contributed by atoms with Gasteiger partial charge in [-0.2, -0.15) is 9.97 Å². The number of alkyl halides is 1. The zero-order chi connectivity index (χ0) is 32.6. The Bertz CT molecular complexity index is 1690. The van der Waals surface area contributed by atoms with Crippen LogP contribution < -0.4 is 14.5 Å². The lowest BCUT2D eigenvalue weighted by molar-refractivity contribution is -0.131. The Morgan fingerprint density at radius 1 is 1.26 bits per heavy atom. The maximum Gasteiger partial charge on any atom is 0.318 e. The Kier molecular flexibility index (Phi) is 8.99. The first-order valence-corrected chi connectivity index (χ1v) is 15.9. The Morgan fingerprint density at radius 2 is 2.07 bits per heavy atom. The first-order chi connectivity index (χ1) is 22.1. The van der Waals surface area contributed by atoms with Gasteiger partial charge < -0.3 is 24.3 Å². The summed E-state index contributed by atoms with van der Waals surface area (Å²) in [6.45, 7) is 15.3. The zero-order valence-corrected chi connectivity index (χ0v) is 26.8. The molecule has 0 radical (unpaired) electrons. The minimum Gasteiger partial charge on any atom is -0.462 e. The maximum absolute atomic E-state index is 14.4. The number of aromatic nitrogens is 3. The van der Waals surface area contributed by atoms with Gasteiger partial charge in [0.05, 0.1) is 29.1 Å². The number of rotatable bonds is 10. The third-order valence-corrected chi connectivity index (χ3v) is 9.50. The topological polar surface area (TPSA) is 82.3 Å². The van der Waals surface area contributed by atoms with Gasteiger partial charge >= 0.3 is 6.01 Å². The van der Waals surface area contributed by atoms with Gasteiger partial charge in [0.25, 0.3) is 5.91 Å². The summed E-state index contributed by atoms with van der Waals surface area (Å²) in [5.41, 5.74) is 1.54. The van der Waals surface area contributed by atoms with Gasteiger partial charge in [0.2, 0.25) is 6.54 Å². The molecule has 0 unspecified atom stereocenters. The summed E-state index contributed by atoms with van der Waals surface area (Å²) in [6, 6.07) is 5.34. The van der Waals surface area contributed by atoms with Crippen LogP contribution in [-0.4, -0.2) is 101 Å². The van der Waals surface area contributed by atoms with E-state index in [1.807, 2.05) is 48.2 Å². The fraction of sp³-hybridized carbons (Fsp3) is 0.485. The van der Waals surface area contributed by atoms with Gasteiger partial charge in [-0.1, -0.05) is 30.3 Å². The lowest BCUT2D eigenvalue weighted by Gasteiger charge is -2.41. The molecule has 3 aromatic rings. The molecule has 4 heterocycles. The molecule has 1 amide bonds. The van der Waals surface area contributed by atoms with Gasteiger partial charge in [0.15, 0.2) is 5.83 Å². The lowest BCUT2D eigenvalue weighted by atomic mass is 10.0. The summed E-state index contributed by atoms with van der Waals surface area (Å²) in [5, 5.41) is 2.50. The third-order valence-electron chi connectivity index (χ3n) is 9.18. The standard InChI is InChI=1S/C33H37ClF2N8O2/c1-21(41(4)20-33(36)9-10-33)19-46-32-39-27-18-42(28-16-38-14-23-6-5-7-26(34)29(23)28)11-8-25(27)30(40-32)43-12-13-44(31(45)22(2)35)24(17-43)15-37-3/h5-7,14,16,21,24H,2,8-13,15,17-20H2,1,4H3/t21-,24+/m1/s1. The first kappa shape index (κ1) is 31.9. The molecule has 46 heavy (non-hydrogen) atoms. The van der Waals surface area contributed by atoms with E-state index >= 15 is 0 Å². The van der Waals surface area contributed by atoms with Crippen molar-refractivity contribution in [1.82, 2.24) is 24.8 Å².